The summed E-state index contributed by atoms with van der Waals surface area (Å²) < 4.78 is 12.3. The van der Waals surface area contributed by atoms with Crippen LogP contribution in [-0.4, -0.2) is 41.4 Å². The van der Waals surface area contributed by atoms with E-state index in [-0.39, 0.29) is 6.03 Å². The van der Waals surface area contributed by atoms with E-state index in [4.69, 9.17) is 9.47 Å². The Morgan fingerprint density at radius 1 is 1.21 bits per heavy atom. The van der Waals surface area contributed by atoms with Crippen molar-refractivity contribution in [1.29, 1.82) is 0 Å². The van der Waals surface area contributed by atoms with Crippen molar-refractivity contribution in [3.8, 4) is 22.2 Å². The summed E-state index contributed by atoms with van der Waals surface area (Å²) in [4.78, 5) is 18.7. The van der Waals surface area contributed by atoms with Gasteiger partial charge in [0.1, 0.15) is 11.5 Å². The van der Waals surface area contributed by atoms with Crippen molar-refractivity contribution in [2.24, 2.45) is 0 Å². The molecule has 2 N–H and O–H groups in total. The molecule has 3 aromatic heterocycles. The molecule has 150 valence electrons. The van der Waals surface area contributed by atoms with E-state index in [1.165, 1.54) is 11.3 Å². The van der Waals surface area contributed by atoms with Gasteiger partial charge in [-0.15, -0.1) is 27.8 Å². The largest absolute Gasteiger partial charge is 0.497 e. The van der Waals surface area contributed by atoms with Crippen LogP contribution in [0.25, 0.3) is 15.7 Å². The fraction of sp³-hybridized carbons (Fsp3) is 0.211. The van der Waals surface area contributed by atoms with Crippen molar-refractivity contribution in [2.75, 3.05) is 26.1 Å². The molecule has 4 aromatic rings. The number of rotatable bonds is 7. The minimum Gasteiger partial charge on any atom is -0.497 e. The Morgan fingerprint density at radius 2 is 2.10 bits per heavy atom. The number of carbonyl (C=O) groups is 1. The van der Waals surface area contributed by atoms with Crippen LogP contribution in [0, 0.1) is 0 Å². The van der Waals surface area contributed by atoms with E-state index in [1.807, 2.05) is 27.4 Å². The summed E-state index contributed by atoms with van der Waals surface area (Å²) >= 11 is 3.15. The summed E-state index contributed by atoms with van der Waals surface area (Å²) in [6.07, 6.45) is 0.639. The third kappa shape index (κ3) is 4.17. The van der Waals surface area contributed by atoms with Crippen molar-refractivity contribution in [3.05, 3.63) is 46.8 Å². The molecule has 0 atom stereocenters. The second kappa shape index (κ2) is 8.50. The number of fused-ring (bicyclic) bond motifs is 1. The van der Waals surface area contributed by atoms with Crippen LogP contribution in [0.4, 0.5) is 10.5 Å². The Morgan fingerprint density at radius 3 is 2.86 bits per heavy atom. The van der Waals surface area contributed by atoms with Gasteiger partial charge in [0.25, 0.3) is 0 Å². The number of amides is 2. The highest BCUT2D eigenvalue weighted by molar-refractivity contribution is 7.15. The fourth-order valence-electron chi connectivity index (χ4n) is 2.78. The average Bonchev–Trinajstić information content (AvgIpc) is 3.46. The molecule has 0 saturated carbocycles. The van der Waals surface area contributed by atoms with Crippen molar-refractivity contribution in [1.82, 2.24) is 19.9 Å². The number of anilines is 1. The van der Waals surface area contributed by atoms with Crippen LogP contribution in [0.2, 0.25) is 0 Å². The molecular weight excluding hydrogens is 410 g/mol. The average molecular weight is 430 g/mol. The Kier molecular flexibility index (Phi) is 5.63. The SMILES string of the molecule is COc1ccc(NC(=O)NCCc2csc3nc(-c4cccs4)nn23)c(OC)c1. The van der Waals surface area contributed by atoms with Crippen molar-refractivity contribution >= 4 is 39.4 Å². The summed E-state index contributed by atoms with van der Waals surface area (Å²) in [6, 6.07) is 8.89. The minimum absolute atomic E-state index is 0.308. The summed E-state index contributed by atoms with van der Waals surface area (Å²) in [5, 5.41) is 14.3. The van der Waals surface area contributed by atoms with Crippen LogP contribution >= 0.6 is 22.7 Å². The molecule has 0 aliphatic rings. The molecule has 0 aliphatic carbocycles. The van der Waals surface area contributed by atoms with Gasteiger partial charge in [-0.3, -0.25) is 0 Å². The van der Waals surface area contributed by atoms with Crippen LogP contribution in [0.1, 0.15) is 5.69 Å². The fourth-order valence-corrected chi connectivity index (χ4v) is 4.29. The Balaban J connectivity index is 1.36. The lowest BCUT2D eigenvalue weighted by Crippen LogP contribution is -2.30. The molecule has 0 spiro atoms. The molecule has 0 bridgehead atoms. The first-order valence-electron chi connectivity index (χ1n) is 8.82. The molecule has 10 heteroatoms. The lowest BCUT2D eigenvalue weighted by Gasteiger charge is -2.12. The standard InChI is InChI=1S/C19H19N5O3S2/c1-26-13-5-6-14(15(10-13)27-2)21-18(25)20-8-7-12-11-29-19-22-17(23-24(12)19)16-4-3-9-28-16/h3-6,9-11H,7-8H2,1-2H3,(H2,20,21,25). The number of carbonyl (C=O) groups excluding carboxylic acids is 1. The van der Waals surface area contributed by atoms with E-state index in [9.17, 15) is 4.79 Å². The number of thiophene rings is 1. The van der Waals surface area contributed by atoms with Gasteiger partial charge < -0.3 is 20.1 Å². The first-order chi connectivity index (χ1) is 14.2. The van der Waals surface area contributed by atoms with E-state index in [2.05, 4.69) is 20.7 Å². The number of aromatic nitrogens is 3. The van der Waals surface area contributed by atoms with Crippen molar-refractivity contribution < 1.29 is 14.3 Å². The van der Waals surface area contributed by atoms with E-state index >= 15 is 0 Å². The van der Waals surface area contributed by atoms with Gasteiger partial charge in [0.15, 0.2) is 5.82 Å². The molecular formula is C19H19N5O3S2. The molecule has 2 amide bonds. The van der Waals surface area contributed by atoms with E-state index in [0.29, 0.717) is 30.2 Å². The highest BCUT2D eigenvalue weighted by atomic mass is 32.1. The Hall–Kier alpha value is -3.11. The molecule has 0 radical (unpaired) electrons. The van der Waals surface area contributed by atoms with Crippen LogP contribution < -0.4 is 20.1 Å². The first-order valence-corrected chi connectivity index (χ1v) is 10.6. The van der Waals surface area contributed by atoms with Gasteiger partial charge in [-0.1, -0.05) is 6.07 Å². The molecule has 29 heavy (non-hydrogen) atoms. The monoisotopic (exact) mass is 429 g/mol. The first kappa shape index (κ1) is 19.2. The van der Waals surface area contributed by atoms with Crippen LogP contribution in [0.3, 0.4) is 0 Å². The summed E-state index contributed by atoms with van der Waals surface area (Å²) in [5.41, 5.74) is 1.57. The van der Waals surface area contributed by atoms with Crippen LogP contribution in [0.15, 0.2) is 41.1 Å². The zero-order valence-electron chi connectivity index (χ0n) is 15.8. The minimum atomic E-state index is -0.308. The summed E-state index contributed by atoms with van der Waals surface area (Å²) in [6.45, 7) is 0.463. The second-order valence-electron chi connectivity index (χ2n) is 6.03. The molecule has 0 aliphatic heterocycles. The van der Waals surface area contributed by atoms with Gasteiger partial charge in [-0.25, -0.2) is 9.31 Å². The maximum atomic E-state index is 12.2. The number of thiazole rings is 1. The molecule has 0 saturated heterocycles. The second-order valence-corrected chi connectivity index (χ2v) is 7.82. The van der Waals surface area contributed by atoms with Crippen molar-refractivity contribution in [2.45, 2.75) is 6.42 Å². The smallest absolute Gasteiger partial charge is 0.319 e. The van der Waals surface area contributed by atoms with Gasteiger partial charge in [0, 0.05) is 24.4 Å². The normalized spacial score (nSPS) is 10.8. The van der Waals surface area contributed by atoms with Gasteiger partial charge in [-0.05, 0) is 23.6 Å². The van der Waals surface area contributed by atoms with Gasteiger partial charge >= 0.3 is 6.03 Å². The number of hydrogen-bond acceptors (Lipinski definition) is 7. The highest BCUT2D eigenvalue weighted by Gasteiger charge is 2.13. The number of nitrogens with zero attached hydrogens (tertiary/aromatic N) is 3. The molecule has 3 heterocycles. The quantitative estimate of drug-likeness (QED) is 0.465. The van der Waals surface area contributed by atoms with Crippen LogP contribution in [0.5, 0.6) is 11.5 Å². The molecule has 0 unspecified atom stereocenters. The van der Waals surface area contributed by atoms with E-state index < -0.39 is 0 Å². The van der Waals surface area contributed by atoms with E-state index in [1.54, 1.807) is 43.8 Å². The van der Waals surface area contributed by atoms with Gasteiger partial charge in [0.2, 0.25) is 4.96 Å². The zero-order valence-corrected chi connectivity index (χ0v) is 17.5. The third-order valence-corrected chi connectivity index (χ3v) is 5.95. The highest BCUT2D eigenvalue weighted by Crippen LogP contribution is 2.29. The van der Waals surface area contributed by atoms with Gasteiger partial charge in [-0.2, -0.15) is 4.98 Å². The molecule has 0 fully saturated rings. The Bertz CT molecular complexity index is 1120. The number of urea groups is 1. The number of nitrogens with one attached hydrogen (secondary N) is 2. The topological polar surface area (TPSA) is 89.8 Å². The van der Waals surface area contributed by atoms with E-state index in [0.717, 1.165) is 21.4 Å². The number of methoxy groups -OCH3 is 2. The number of ether oxygens (including phenoxy) is 2. The van der Waals surface area contributed by atoms with Crippen LogP contribution in [-0.2, 0) is 6.42 Å². The molecule has 4 rings (SSSR count). The maximum Gasteiger partial charge on any atom is 0.319 e. The third-order valence-electron chi connectivity index (χ3n) is 4.22. The predicted molar refractivity (Wildman–Crippen MR) is 114 cm³/mol. The maximum absolute atomic E-state index is 12.2. The number of hydrogen-bond donors (Lipinski definition) is 2. The lowest BCUT2D eigenvalue weighted by atomic mass is 10.2. The van der Waals surface area contributed by atoms with Gasteiger partial charge in [0.05, 0.1) is 30.5 Å². The number of benzene rings is 1. The Labute approximate surface area is 175 Å². The molecule has 8 nitrogen and oxygen atoms in total. The zero-order chi connectivity index (χ0) is 20.2. The summed E-state index contributed by atoms with van der Waals surface area (Å²) in [5.74, 6) is 1.91. The predicted octanol–water partition coefficient (Wildman–Crippen LogP) is 3.90. The molecule has 1 aromatic carbocycles. The lowest BCUT2D eigenvalue weighted by molar-refractivity contribution is 0.252. The summed E-state index contributed by atoms with van der Waals surface area (Å²) in [7, 11) is 3.12. The van der Waals surface area contributed by atoms with Crippen molar-refractivity contribution in [3.63, 3.8) is 0 Å².